The Morgan fingerprint density at radius 3 is 2.60 bits per heavy atom. The second kappa shape index (κ2) is 4.79. The zero-order valence-corrected chi connectivity index (χ0v) is 9.00. The summed E-state index contributed by atoms with van der Waals surface area (Å²) in [6.07, 6.45) is 0.559. The van der Waals surface area contributed by atoms with Crippen LogP contribution in [0.3, 0.4) is 0 Å². The minimum Gasteiger partial charge on any atom is -0.495 e. The number of hydrogen-bond donors (Lipinski definition) is 0. The van der Waals surface area contributed by atoms with E-state index in [2.05, 4.69) is 0 Å². The van der Waals surface area contributed by atoms with Crippen LogP contribution < -0.4 is 9.47 Å². The molecule has 4 nitrogen and oxygen atoms in total. The fraction of sp³-hybridized carbons (Fsp3) is 0.200. The van der Waals surface area contributed by atoms with Crippen LogP contribution in [0, 0.1) is 0 Å². The summed E-state index contributed by atoms with van der Waals surface area (Å²) in [5.74, 6) is -0.176. The van der Waals surface area contributed by atoms with Gasteiger partial charge in [-0.15, -0.1) is 0 Å². The van der Waals surface area contributed by atoms with Crippen molar-refractivity contribution in [3.05, 3.63) is 22.7 Å². The van der Waals surface area contributed by atoms with Crippen LogP contribution in [0.25, 0.3) is 0 Å². The third kappa shape index (κ3) is 2.47. The van der Waals surface area contributed by atoms with Gasteiger partial charge in [-0.2, -0.15) is 0 Å². The Kier molecular flexibility index (Phi) is 3.68. The lowest BCUT2D eigenvalue weighted by Crippen LogP contribution is -2.05. The predicted molar refractivity (Wildman–Crippen MR) is 54.7 cm³/mol. The molecule has 0 spiro atoms. The van der Waals surface area contributed by atoms with Crippen LogP contribution >= 0.6 is 11.6 Å². The van der Waals surface area contributed by atoms with Gasteiger partial charge in [-0.1, -0.05) is 11.6 Å². The van der Waals surface area contributed by atoms with Crippen LogP contribution in [0.2, 0.25) is 5.02 Å². The number of rotatable bonds is 3. The van der Waals surface area contributed by atoms with Crippen LogP contribution in [-0.2, 0) is 4.79 Å². The van der Waals surface area contributed by atoms with Gasteiger partial charge in [0, 0.05) is 6.92 Å². The second-order valence-corrected chi connectivity index (χ2v) is 3.09. The number of aldehydes is 1. The smallest absolute Gasteiger partial charge is 0.308 e. The van der Waals surface area contributed by atoms with Gasteiger partial charge in [-0.25, -0.2) is 0 Å². The Hall–Kier alpha value is -1.55. The van der Waals surface area contributed by atoms with Gasteiger partial charge in [-0.05, 0) is 12.1 Å². The normalized spacial score (nSPS) is 9.53. The molecular weight excluding hydrogens is 220 g/mol. The van der Waals surface area contributed by atoms with Gasteiger partial charge in [0.05, 0.1) is 12.7 Å². The van der Waals surface area contributed by atoms with Crippen molar-refractivity contribution in [1.29, 1.82) is 0 Å². The largest absolute Gasteiger partial charge is 0.495 e. The number of hydrogen-bond acceptors (Lipinski definition) is 4. The molecule has 0 amide bonds. The topological polar surface area (TPSA) is 52.6 Å². The molecule has 1 rings (SSSR count). The molecule has 0 aliphatic rings. The van der Waals surface area contributed by atoms with E-state index in [1.54, 1.807) is 0 Å². The summed E-state index contributed by atoms with van der Waals surface area (Å²) in [6, 6.07) is 3.00. The van der Waals surface area contributed by atoms with E-state index in [0.717, 1.165) is 0 Å². The van der Waals surface area contributed by atoms with E-state index in [1.165, 1.54) is 26.2 Å². The van der Waals surface area contributed by atoms with Crippen molar-refractivity contribution in [2.45, 2.75) is 6.92 Å². The molecule has 0 aromatic heterocycles. The highest BCUT2D eigenvalue weighted by Crippen LogP contribution is 2.36. The average molecular weight is 229 g/mol. The number of ether oxygens (including phenoxy) is 2. The van der Waals surface area contributed by atoms with Crippen LogP contribution in [0.1, 0.15) is 17.3 Å². The van der Waals surface area contributed by atoms with E-state index in [-0.39, 0.29) is 16.3 Å². The maximum atomic E-state index is 10.8. The van der Waals surface area contributed by atoms with Crippen LogP contribution in [0.5, 0.6) is 11.5 Å². The molecule has 0 fully saturated rings. The SMILES string of the molecule is COc1ccc(C=O)c(OC(C)=O)c1Cl. The lowest BCUT2D eigenvalue weighted by atomic mass is 10.2. The van der Waals surface area contributed by atoms with E-state index in [4.69, 9.17) is 21.1 Å². The van der Waals surface area contributed by atoms with Crippen molar-refractivity contribution < 1.29 is 19.1 Å². The quantitative estimate of drug-likeness (QED) is 0.452. The molecule has 0 N–H and O–H groups in total. The number of halogens is 1. The number of methoxy groups -OCH3 is 1. The Morgan fingerprint density at radius 1 is 1.47 bits per heavy atom. The molecule has 0 radical (unpaired) electrons. The molecule has 0 bridgehead atoms. The fourth-order valence-corrected chi connectivity index (χ4v) is 1.34. The fourth-order valence-electron chi connectivity index (χ4n) is 1.05. The van der Waals surface area contributed by atoms with E-state index in [1.807, 2.05) is 0 Å². The third-order valence-corrected chi connectivity index (χ3v) is 2.04. The first-order valence-electron chi connectivity index (χ1n) is 4.10. The van der Waals surface area contributed by atoms with E-state index >= 15 is 0 Å². The maximum absolute atomic E-state index is 10.8. The summed E-state index contributed by atoms with van der Waals surface area (Å²) >= 11 is 5.88. The molecule has 0 heterocycles. The van der Waals surface area contributed by atoms with Crippen molar-refractivity contribution in [3.8, 4) is 11.5 Å². The van der Waals surface area contributed by atoms with E-state index in [9.17, 15) is 9.59 Å². The van der Waals surface area contributed by atoms with E-state index in [0.29, 0.717) is 12.0 Å². The number of esters is 1. The first kappa shape index (κ1) is 11.5. The number of carbonyl (C=O) groups excluding carboxylic acids is 2. The minimum absolute atomic E-state index is 0.0264. The first-order valence-corrected chi connectivity index (χ1v) is 4.48. The zero-order chi connectivity index (χ0) is 11.4. The molecule has 0 aliphatic heterocycles. The summed E-state index contributed by atoms with van der Waals surface area (Å²) in [5, 5.41) is 0.109. The molecule has 0 saturated heterocycles. The molecule has 0 atom stereocenters. The molecule has 5 heteroatoms. The van der Waals surface area contributed by atoms with Crippen LogP contribution in [0.15, 0.2) is 12.1 Å². The molecule has 0 saturated carbocycles. The minimum atomic E-state index is -0.548. The van der Waals surface area contributed by atoms with Gasteiger partial charge >= 0.3 is 5.97 Å². The molecule has 0 unspecified atom stereocenters. The van der Waals surface area contributed by atoms with Crippen molar-refractivity contribution in [1.82, 2.24) is 0 Å². The molecule has 80 valence electrons. The van der Waals surface area contributed by atoms with Gasteiger partial charge in [0.2, 0.25) is 0 Å². The van der Waals surface area contributed by atoms with Gasteiger partial charge in [0.25, 0.3) is 0 Å². The van der Waals surface area contributed by atoms with E-state index < -0.39 is 5.97 Å². The Bertz CT molecular complexity index is 401. The zero-order valence-electron chi connectivity index (χ0n) is 8.24. The Morgan fingerprint density at radius 2 is 2.13 bits per heavy atom. The standard InChI is InChI=1S/C10H9ClO4/c1-6(13)15-10-7(5-12)3-4-8(14-2)9(10)11/h3-5H,1-2H3. The highest BCUT2D eigenvalue weighted by molar-refractivity contribution is 6.34. The lowest BCUT2D eigenvalue weighted by Gasteiger charge is -2.09. The van der Waals surface area contributed by atoms with Gasteiger partial charge < -0.3 is 9.47 Å². The van der Waals surface area contributed by atoms with Crippen molar-refractivity contribution in [2.75, 3.05) is 7.11 Å². The molecule has 15 heavy (non-hydrogen) atoms. The van der Waals surface area contributed by atoms with Crippen LogP contribution in [-0.4, -0.2) is 19.4 Å². The maximum Gasteiger partial charge on any atom is 0.308 e. The van der Waals surface area contributed by atoms with Crippen molar-refractivity contribution in [3.63, 3.8) is 0 Å². The molecule has 1 aromatic carbocycles. The van der Waals surface area contributed by atoms with Gasteiger partial charge in [0.15, 0.2) is 12.0 Å². The van der Waals surface area contributed by atoms with Crippen LogP contribution in [0.4, 0.5) is 0 Å². The van der Waals surface area contributed by atoms with Gasteiger partial charge in [0.1, 0.15) is 10.8 Å². The highest BCUT2D eigenvalue weighted by Gasteiger charge is 2.14. The molecule has 1 aromatic rings. The lowest BCUT2D eigenvalue weighted by molar-refractivity contribution is -0.131. The van der Waals surface area contributed by atoms with Crippen molar-refractivity contribution in [2.24, 2.45) is 0 Å². The highest BCUT2D eigenvalue weighted by atomic mass is 35.5. The number of carbonyl (C=O) groups is 2. The Labute approximate surface area is 91.7 Å². The third-order valence-electron chi connectivity index (χ3n) is 1.68. The summed E-state index contributed by atoms with van der Waals surface area (Å²) in [5.41, 5.74) is 0.205. The Balaban J connectivity index is 3.28. The molecule has 0 aliphatic carbocycles. The first-order chi connectivity index (χ1) is 7.10. The van der Waals surface area contributed by atoms with Crippen molar-refractivity contribution >= 4 is 23.9 Å². The number of benzene rings is 1. The monoisotopic (exact) mass is 228 g/mol. The average Bonchev–Trinajstić information content (AvgIpc) is 2.20. The summed E-state index contributed by atoms with van der Waals surface area (Å²) in [7, 11) is 1.43. The summed E-state index contributed by atoms with van der Waals surface area (Å²) in [4.78, 5) is 21.5. The predicted octanol–water partition coefficient (Wildman–Crippen LogP) is 2.09. The molecular formula is C10H9ClO4. The van der Waals surface area contributed by atoms with Gasteiger partial charge in [-0.3, -0.25) is 9.59 Å². The summed E-state index contributed by atoms with van der Waals surface area (Å²) < 4.78 is 9.75. The second-order valence-electron chi connectivity index (χ2n) is 2.71. The summed E-state index contributed by atoms with van der Waals surface area (Å²) in [6.45, 7) is 1.23.